The molecule has 43 heavy (non-hydrogen) atoms. The smallest absolute Gasteiger partial charge is 0.284 e. The molecule has 1 aliphatic heterocycles. The number of aromatic nitrogens is 1. The van der Waals surface area contributed by atoms with Crippen molar-refractivity contribution in [1.82, 2.24) is 14.8 Å². The minimum Gasteiger partial charge on any atom is -0.497 e. The largest absolute Gasteiger partial charge is 0.497 e. The molecule has 4 aromatic rings. The molecule has 0 radical (unpaired) electrons. The first-order valence-electron chi connectivity index (χ1n) is 14.3. The van der Waals surface area contributed by atoms with Gasteiger partial charge >= 0.3 is 0 Å². The van der Waals surface area contributed by atoms with Crippen LogP contribution in [0.15, 0.2) is 66.7 Å². The maximum Gasteiger partial charge on any atom is 0.284 e. The minimum atomic E-state index is -0.327. The zero-order valence-electron chi connectivity index (χ0n) is 25.2. The molecule has 0 aliphatic carbocycles. The number of para-hydroxylation sites is 1. The van der Waals surface area contributed by atoms with E-state index in [2.05, 4.69) is 41.2 Å². The predicted octanol–water partition coefficient (Wildman–Crippen LogP) is 5.56. The fraction of sp³-hybridized carbons (Fsp3) is 0.364. The quantitative estimate of drug-likeness (QED) is 0.309. The Morgan fingerprint density at radius 3 is 2.56 bits per heavy atom. The Balaban J connectivity index is 1.40. The second kappa shape index (κ2) is 13.5. The molecule has 0 fully saturated rings. The van der Waals surface area contributed by atoms with Gasteiger partial charge in [0.2, 0.25) is 0 Å². The molecule has 10 heteroatoms. The molecule has 0 saturated carbocycles. The van der Waals surface area contributed by atoms with Gasteiger partial charge in [-0.2, -0.15) is 0 Å². The molecule has 0 saturated heterocycles. The molecular weight excluding hydrogens is 564 g/mol. The minimum absolute atomic E-state index is 0.0422. The molecule has 1 aromatic heterocycles. The van der Waals surface area contributed by atoms with E-state index in [9.17, 15) is 9.59 Å². The zero-order chi connectivity index (χ0) is 30.5. The van der Waals surface area contributed by atoms with Gasteiger partial charge in [0.1, 0.15) is 18.1 Å². The molecule has 1 N–H and O–H groups in total. The maximum absolute atomic E-state index is 13.7. The third kappa shape index (κ3) is 7.15. The number of ether oxygens (including phenoxy) is 3. The molecule has 0 bridgehead atoms. The van der Waals surface area contributed by atoms with E-state index in [1.165, 1.54) is 16.9 Å². The van der Waals surface area contributed by atoms with Crippen molar-refractivity contribution in [2.24, 2.45) is 5.92 Å². The van der Waals surface area contributed by atoms with Crippen LogP contribution < -0.4 is 14.8 Å². The molecule has 3 aromatic carbocycles. The highest BCUT2D eigenvalue weighted by Crippen LogP contribution is 2.28. The van der Waals surface area contributed by atoms with Gasteiger partial charge in [0.05, 0.1) is 29.0 Å². The Bertz CT molecular complexity index is 1540. The van der Waals surface area contributed by atoms with E-state index in [1.54, 1.807) is 44.4 Å². The number of thiazole rings is 1. The van der Waals surface area contributed by atoms with Gasteiger partial charge in [-0.3, -0.25) is 14.5 Å². The van der Waals surface area contributed by atoms with Gasteiger partial charge in [0, 0.05) is 45.5 Å². The average Bonchev–Trinajstić information content (AvgIpc) is 3.46. The highest BCUT2D eigenvalue weighted by Gasteiger charge is 2.29. The van der Waals surface area contributed by atoms with Crippen LogP contribution in [0.1, 0.15) is 39.6 Å². The van der Waals surface area contributed by atoms with E-state index in [0.29, 0.717) is 35.2 Å². The predicted molar refractivity (Wildman–Crippen MR) is 169 cm³/mol. The van der Waals surface area contributed by atoms with Gasteiger partial charge in [-0.1, -0.05) is 31.2 Å². The van der Waals surface area contributed by atoms with Crippen molar-refractivity contribution in [3.8, 4) is 11.5 Å². The summed E-state index contributed by atoms with van der Waals surface area (Å²) in [6.07, 6.45) is -0.176. The number of rotatable bonds is 6. The fourth-order valence-electron chi connectivity index (χ4n) is 5.27. The summed E-state index contributed by atoms with van der Waals surface area (Å²) in [4.78, 5) is 35.3. The summed E-state index contributed by atoms with van der Waals surface area (Å²) in [7, 11) is 5.12. The molecule has 2 amide bonds. The van der Waals surface area contributed by atoms with Gasteiger partial charge in [-0.25, -0.2) is 4.98 Å². The zero-order valence-corrected chi connectivity index (χ0v) is 26.0. The third-order valence-electron chi connectivity index (χ3n) is 7.86. The molecular formula is C33H38N4O5S. The summed E-state index contributed by atoms with van der Waals surface area (Å²) in [5.41, 5.74) is 2.81. The van der Waals surface area contributed by atoms with Crippen molar-refractivity contribution in [1.29, 1.82) is 0 Å². The molecule has 0 unspecified atom stereocenters. The number of anilines is 1. The highest BCUT2D eigenvalue weighted by molar-refractivity contribution is 7.20. The van der Waals surface area contributed by atoms with Crippen molar-refractivity contribution < 1.29 is 23.8 Å². The number of benzene rings is 3. The molecule has 1 aliphatic rings. The van der Waals surface area contributed by atoms with Gasteiger partial charge in [0.25, 0.3) is 11.8 Å². The third-order valence-corrected chi connectivity index (χ3v) is 8.90. The van der Waals surface area contributed by atoms with Crippen molar-refractivity contribution in [3.05, 3.63) is 82.9 Å². The van der Waals surface area contributed by atoms with Gasteiger partial charge in [-0.15, -0.1) is 11.3 Å². The number of nitrogens with one attached hydrogen (secondary N) is 1. The Morgan fingerprint density at radius 2 is 1.84 bits per heavy atom. The lowest BCUT2D eigenvalue weighted by Crippen LogP contribution is -2.46. The number of carbonyl (C=O) groups is 2. The van der Waals surface area contributed by atoms with E-state index in [-0.39, 0.29) is 29.9 Å². The highest BCUT2D eigenvalue weighted by atomic mass is 32.1. The fourth-order valence-corrected chi connectivity index (χ4v) is 6.13. The van der Waals surface area contributed by atoms with Crippen LogP contribution in [0.2, 0.25) is 0 Å². The number of methoxy groups -OCH3 is 2. The van der Waals surface area contributed by atoms with Crippen LogP contribution in [0.25, 0.3) is 10.2 Å². The second-order valence-electron chi connectivity index (χ2n) is 11.0. The molecule has 3 atom stereocenters. The van der Waals surface area contributed by atoms with E-state index >= 15 is 0 Å². The van der Waals surface area contributed by atoms with Crippen molar-refractivity contribution >= 4 is 39.1 Å². The van der Waals surface area contributed by atoms with Crippen LogP contribution in [-0.2, 0) is 11.3 Å². The number of carbonyl (C=O) groups excluding carboxylic acids is 2. The molecule has 226 valence electrons. The van der Waals surface area contributed by atoms with E-state index < -0.39 is 0 Å². The lowest BCUT2D eigenvalue weighted by Gasteiger charge is -2.36. The first-order valence-corrected chi connectivity index (χ1v) is 15.2. The summed E-state index contributed by atoms with van der Waals surface area (Å²) >= 11 is 1.33. The summed E-state index contributed by atoms with van der Waals surface area (Å²) in [6, 6.07) is 20.9. The lowest BCUT2D eigenvalue weighted by molar-refractivity contribution is 0.00921. The number of fused-ring (bicyclic) bond motifs is 2. The van der Waals surface area contributed by atoms with Crippen molar-refractivity contribution in [2.75, 3.05) is 46.3 Å². The first kappa shape index (κ1) is 30.5. The maximum atomic E-state index is 13.7. The second-order valence-corrected chi connectivity index (χ2v) is 12.1. The molecule has 9 nitrogen and oxygen atoms in total. The van der Waals surface area contributed by atoms with Crippen LogP contribution in [0.3, 0.4) is 0 Å². The Morgan fingerprint density at radius 1 is 1.07 bits per heavy atom. The van der Waals surface area contributed by atoms with E-state index in [4.69, 9.17) is 14.2 Å². The summed E-state index contributed by atoms with van der Waals surface area (Å²) in [5.74, 6) is 0.894. The molecule has 2 heterocycles. The van der Waals surface area contributed by atoms with Crippen LogP contribution in [0, 0.1) is 5.92 Å². The average molecular weight is 603 g/mol. The Labute approximate surface area is 256 Å². The van der Waals surface area contributed by atoms with E-state index in [1.807, 2.05) is 36.4 Å². The topological polar surface area (TPSA) is 93.2 Å². The molecule has 5 rings (SSSR count). The number of likely N-dealkylation sites (N-methyl/N-ethyl adjacent to an activating group) is 1. The summed E-state index contributed by atoms with van der Waals surface area (Å²) in [5, 5.41) is 3.27. The number of hydrogen-bond donors (Lipinski definition) is 1. The monoisotopic (exact) mass is 602 g/mol. The van der Waals surface area contributed by atoms with Crippen molar-refractivity contribution in [3.63, 3.8) is 0 Å². The van der Waals surface area contributed by atoms with Crippen molar-refractivity contribution in [2.45, 2.75) is 32.5 Å². The SMILES string of the molecule is COc1ccc(CN2C[C@@H](C)[C@@H](OC)CN(C)C(=O)c3cc(NC(=O)c4nc5ccccc5s4)ccc3OC[C@H]2C)cc1. The normalized spacial score (nSPS) is 20.1. The summed E-state index contributed by atoms with van der Waals surface area (Å²) in [6.45, 7) is 6.56. The van der Waals surface area contributed by atoms with Crippen LogP contribution in [0.4, 0.5) is 5.69 Å². The Hall–Kier alpha value is -3.99. The summed E-state index contributed by atoms with van der Waals surface area (Å²) < 4.78 is 18.5. The van der Waals surface area contributed by atoms with Gasteiger partial charge in [-0.05, 0) is 60.9 Å². The number of hydrogen-bond acceptors (Lipinski definition) is 8. The number of amides is 2. The molecule has 0 spiro atoms. The lowest BCUT2D eigenvalue weighted by atomic mass is 10.0. The standard InChI is InChI=1S/C33H38N4O5S/c1-21-17-37(18-23-10-13-25(40-4)14-11-23)22(2)20-42-28-15-12-24(16-26(28)33(39)36(3)19-29(21)41-5)34-31(38)32-35-27-8-6-7-9-30(27)43-32/h6-16,21-22,29H,17-20H2,1-5H3,(H,34,38)/t21-,22-,29+/m1/s1. The first-order chi connectivity index (χ1) is 20.7. The van der Waals surface area contributed by atoms with Crippen LogP contribution in [0.5, 0.6) is 11.5 Å². The van der Waals surface area contributed by atoms with Gasteiger partial charge < -0.3 is 24.4 Å². The Kier molecular flexibility index (Phi) is 9.59. The van der Waals surface area contributed by atoms with Crippen LogP contribution >= 0.6 is 11.3 Å². The number of nitrogens with zero attached hydrogens (tertiary/aromatic N) is 3. The van der Waals surface area contributed by atoms with E-state index in [0.717, 1.165) is 29.1 Å². The van der Waals surface area contributed by atoms with Crippen LogP contribution in [-0.4, -0.2) is 79.7 Å². The van der Waals surface area contributed by atoms with Gasteiger partial charge in [0.15, 0.2) is 5.01 Å².